The lowest BCUT2D eigenvalue weighted by Gasteiger charge is -2.31. The molecule has 1 unspecified atom stereocenters. The number of hydrogen-bond acceptors (Lipinski definition) is 3. The number of anilines is 1. The number of ether oxygens (including phenoxy) is 1. The van der Waals surface area contributed by atoms with Gasteiger partial charge in [-0.05, 0) is 36.8 Å². The lowest BCUT2D eigenvalue weighted by molar-refractivity contribution is 0.274. The van der Waals surface area contributed by atoms with E-state index in [0.29, 0.717) is 15.8 Å². The first kappa shape index (κ1) is 16.9. The average Bonchev–Trinajstić information content (AvgIpc) is 2.59. The molecule has 2 aromatic rings. The molecule has 0 aliphatic carbocycles. The molecule has 0 radical (unpaired) electrons. The predicted octanol–water partition coefficient (Wildman–Crippen LogP) is 5.93. The van der Waals surface area contributed by atoms with Gasteiger partial charge >= 0.3 is 0 Å². The second-order valence-corrected chi connectivity index (χ2v) is 6.32. The Morgan fingerprint density at radius 1 is 1.12 bits per heavy atom. The number of allylic oxidation sites excluding steroid dienone is 1. The molecule has 0 spiro atoms. The Kier molecular flexibility index (Phi) is 5.44. The van der Waals surface area contributed by atoms with Crippen molar-refractivity contribution >= 4 is 35.1 Å². The van der Waals surface area contributed by atoms with Crippen molar-refractivity contribution in [3.63, 3.8) is 0 Å². The Labute approximate surface area is 152 Å². The summed E-state index contributed by atoms with van der Waals surface area (Å²) in [4.78, 5) is 6.58. The highest BCUT2D eigenvalue weighted by atomic mass is 35.5. The number of halogens is 2. The van der Waals surface area contributed by atoms with Crippen molar-refractivity contribution in [2.75, 3.05) is 4.90 Å². The van der Waals surface area contributed by atoms with Gasteiger partial charge in [0, 0.05) is 16.9 Å². The quantitative estimate of drug-likeness (QED) is 0.659. The van der Waals surface area contributed by atoms with Crippen LogP contribution in [0.1, 0.15) is 19.8 Å². The van der Waals surface area contributed by atoms with Gasteiger partial charge in [-0.25, -0.2) is 0 Å². The number of hydrogen-bond donors (Lipinski definition) is 0. The Morgan fingerprint density at radius 2 is 1.92 bits per heavy atom. The molecule has 0 amide bonds. The third-order valence-corrected chi connectivity index (χ3v) is 4.16. The van der Waals surface area contributed by atoms with Crippen LogP contribution in [-0.4, -0.2) is 12.4 Å². The molecular formula is C19H18Cl2N2O. The van der Waals surface area contributed by atoms with Crippen molar-refractivity contribution in [2.45, 2.75) is 26.0 Å². The predicted molar refractivity (Wildman–Crippen MR) is 101 cm³/mol. The molecule has 1 atom stereocenters. The van der Waals surface area contributed by atoms with Gasteiger partial charge in [0.25, 0.3) is 0 Å². The van der Waals surface area contributed by atoms with Crippen LogP contribution in [0.2, 0.25) is 10.0 Å². The van der Waals surface area contributed by atoms with Crippen LogP contribution in [-0.2, 0) is 0 Å². The van der Waals surface area contributed by atoms with E-state index in [4.69, 9.17) is 27.9 Å². The third kappa shape index (κ3) is 3.92. The molecule has 0 N–H and O–H groups in total. The minimum atomic E-state index is -0.369. The van der Waals surface area contributed by atoms with Gasteiger partial charge in [-0.1, -0.05) is 54.7 Å². The Bertz CT molecular complexity index is 759. The summed E-state index contributed by atoms with van der Waals surface area (Å²) in [5.41, 5.74) is 2.07. The zero-order valence-electron chi connectivity index (χ0n) is 13.3. The van der Waals surface area contributed by atoms with E-state index in [2.05, 4.69) is 16.8 Å². The van der Waals surface area contributed by atoms with Gasteiger partial charge in [0.1, 0.15) is 5.75 Å². The van der Waals surface area contributed by atoms with Crippen LogP contribution >= 0.6 is 23.2 Å². The molecule has 124 valence electrons. The summed E-state index contributed by atoms with van der Waals surface area (Å²) in [6, 6.07) is 15.3. The topological polar surface area (TPSA) is 24.8 Å². The smallest absolute Gasteiger partial charge is 0.212 e. The highest BCUT2D eigenvalue weighted by Gasteiger charge is 2.22. The highest BCUT2D eigenvalue weighted by molar-refractivity contribution is 6.35. The first-order valence-corrected chi connectivity index (χ1v) is 8.63. The summed E-state index contributed by atoms with van der Waals surface area (Å²) in [5, 5.41) is 1.06. The van der Waals surface area contributed by atoms with Crippen LogP contribution in [0.4, 0.5) is 5.69 Å². The van der Waals surface area contributed by atoms with Crippen molar-refractivity contribution in [2.24, 2.45) is 4.99 Å². The number of aliphatic imine (C=N–C) groups is 1. The van der Waals surface area contributed by atoms with E-state index < -0.39 is 0 Å². The number of nitrogens with zero attached hydrogens (tertiary/aromatic N) is 2. The molecule has 0 saturated carbocycles. The fraction of sp³-hybridized carbons (Fsp3) is 0.211. The van der Waals surface area contributed by atoms with Crippen LogP contribution < -0.4 is 9.64 Å². The van der Waals surface area contributed by atoms with Crippen molar-refractivity contribution in [1.82, 2.24) is 0 Å². The fourth-order valence-corrected chi connectivity index (χ4v) is 2.95. The molecule has 0 saturated heterocycles. The van der Waals surface area contributed by atoms with E-state index in [1.54, 1.807) is 18.2 Å². The molecule has 3 nitrogen and oxygen atoms in total. The second-order valence-electron chi connectivity index (χ2n) is 5.47. The minimum Gasteiger partial charge on any atom is -0.463 e. The fourth-order valence-electron chi connectivity index (χ4n) is 2.49. The molecule has 0 aromatic heterocycles. The zero-order chi connectivity index (χ0) is 16.9. The first-order valence-electron chi connectivity index (χ1n) is 7.87. The second kappa shape index (κ2) is 7.73. The maximum absolute atomic E-state index is 6.23. The van der Waals surface area contributed by atoms with Crippen molar-refractivity contribution < 1.29 is 4.74 Å². The molecule has 3 rings (SSSR count). The lowest BCUT2D eigenvalue weighted by atomic mass is 10.2. The van der Waals surface area contributed by atoms with Crippen LogP contribution in [0.25, 0.3) is 0 Å². The highest BCUT2D eigenvalue weighted by Crippen LogP contribution is 2.30. The van der Waals surface area contributed by atoms with Crippen LogP contribution in [0, 0.1) is 0 Å². The summed E-state index contributed by atoms with van der Waals surface area (Å²) in [5.74, 6) is 0.575. The molecule has 5 heteroatoms. The number of rotatable bonds is 5. The summed E-state index contributed by atoms with van der Waals surface area (Å²) in [6.45, 7) is 2.14. The number of para-hydroxylation sites is 1. The van der Waals surface area contributed by atoms with Gasteiger partial charge in [-0.2, -0.15) is 0 Å². The summed E-state index contributed by atoms with van der Waals surface area (Å²) in [7, 11) is 0. The maximum Gasteiger partial charge on any atom is 0.212 e. The van der Waals surface area contributed by atoms with Crippen LogP contribution in [0.5, 0.6) is 5.75 Å². The molecule has 2 aromatic carbocycles. The van der Waals surface area contributed by atoms with Gasteiger partial charge in [0.15, 0.2) is 0 Å². The Hall–Kier alpha value is -1.97. The lowest BCUT2D eigenvalue weighted by Crippen LogP contribution is -2.39. The molecule has 1 aliphatic heterocycles. The van der Waals surface area contributed by atoms with E-state index >= 15 is 0 Å². The van der Waals surface area contributed by atoms with Crippen LogP contribution in [0.3, 0.4) is 0 Å². The van der Waals surface area contributed by atoms with Gasteiger partial charge in [0.2, 0.25) is 6.23 Å². The van der Waals surface area contributed by atoms with Gasteiger partial charge in [-0.15, -0.1) is 0 Å². The Morgan fingerprint density at radius 3 is 2.62 bits per heavy atom. The first-order chi connectivity index (χ1) is 11.7. The molecular weight excluding hydrogens is 343 g/mol. The van der Waals surface area contributed by atoms with E-state index in [9.17, 15) is 0 Å². The van der Waals surface area contributed by atoms with Crippen LogP contribution in [0.15, 0.2) is 65.4 Å². The average molecular weight is 361 g/mol. The SMILES string of the molecule is CCCC1=CN(c2ccccc2)C(Oc2ccc(Cl)cc2Cl)C=N1. The van der Waals surface area contributed by atoms with E-state index in [0.717, 1.165) is 24.2 Å². The Balaban J connectivity index is 1.89. The van der Waals surface area contributed by atoms with Crippen molar-refractivity contribution in [3.8, 4) is 5.75 Å². The molecule has 0 bridgehead atoms. The van der Waals surface area contributed by atoms with Crippen molar-refractivity contribution in [3.05, 3.63) is 70.5 Å². The van der Waals surface area contributed by atoms with Gasteiger partial charge < -0.3 is 9.64 Å². The number of benzene rings is 2. The maximum atomic E-state index is 6.23. The van der Waals surface area contributed by atoms with Crippen molar-refractivity contribution in [1.29, 1.82) is 0 Å². The zero-order valence-corrected chi connectivity index (χ0v) is 14.8. The molecule has 1 aliphatic rings. The summed E-state index contributed by atoms with van der Waals surface area (Å²) in [6.07, 6.45) is 5.44. The van der Waals surface area contributed by atoms with E-state index in [1.807, 2.05) is 42.7 Å². The van der Waals surface area contributed by atoms with Gasteiger partial charge in [0.05, 0.1) is 16.9 Å². The third-order valence-electron chi connectivity index (χ3n) is 3.63. The molecule has 24 heavy (non-hydrogen) atoms. The van der Waals surface area contributed by atoms with E-state index in [1.165, 1.54) is 0 Å². The summed E-state index contributed by atoms with van der Waals surface area (Å²) >= 11 is 12.2. The van der Waals surface area contributed by atoms with Gasteiger partial charge in [-0.3, -0.25) is 4.99 Å². The summed E-state index contributed by atoms with van der Waals surface area (Å²) < 4.78 is 6.08. The monoisotopic (exact) mass is 360 g/mol. The minimum absolute atomic E-state index is 0.369. The largest absolute Gasteiger partial charge is 0.463 e. The van der Waals surface area contributed by atoms with E-state index in [-0.39, 0.29) is 6.23 Å². The normalized spacial score (nSPS) is 16.9. The molecule has 1 heterocycles. The molecule has 0 fully saturated rings. The standard InChI is InChI=1S/C19H18Cl2N2O/c1-2-6-15-13-23(16-7-4-3-5-8-16)19(12-22-15)24-18-10-9-14(20)11-17(18)21/h3-5,7-13,19H,2,6H2,1H3.